The van der Waals surface area contributed by atoms with E-state index in [1.165, 1.54) is 11.8 Å². The molecule has 1 saturated carbocycles. The maximum atomic E-state index is 13.0. The van der Waals surface area contributed by atoms with E-state index in [-0.39, 0.29) is 11.0 Å². The third kappa shape index (κ3) is 3.14. The van der Waals surface area contributed by atoms with Gasteiger partial charge in [-0.3, -0.25) is 4.79 Å². The van der Waals surface area contributed by atoms with Crippen molar-refractivity contribution >= 4 is 28.4 Å². The monoisotopic (exact) mass is 388 g/mol. The summed E-state index contributed by atoms with van der Waals surface area (Å²) in [5, 5.41) is 6.07. The minimum atomic E-state index is -0.266. The van der Waals surface area contributed by atoms with Gasteiger partial charge in [0.15, 0.2) is 5.78 Å². The molecule has 5 rings (SSSR count). The summed E-state index contributed by atoms with van der Waals surface area (Å²) in [5.74, 6) is 1.56. The zero-order chi connectivity index (χ0) is 19.1. The number of nitrogens with zero attached hydrogens (tertiary/aromatic N) is 3. The molecule has 0 spiro atoms. The van der Waals surface area contributed by atoms with E-state index in [2.05, 4.69) is 4.98 Å². The Labute approximate surface area is 167 Å². The zero-order valence-electron chi connectivity index (χ0n) is 15.5. The van der Waals surface area contributed by atoms with Crippen molar-refractivity contribution in [2.45, 2.75) is 36.1 Å². The van der Waals surface area contributed by atoms with Crippen molar-refractivity contribution in [3.05, 3.63) is 72.2 Å². The summed E-state index contributed by atoms with van der Waals surface area (Å²) < 4.78 is 1.93. The highest BCUT2D eigenvalue weighted by molar-refractivity contribution is 8.00. The average molecular weight is 388 g/mol. The summed E-state index contributed by atoms with van der Waals surface area (Å²) in [6.45, 7) is 1.93. The van der Waals surface area contributed by atoms with E-state index in [0.717, 1.165) is 40.8 Å². The highest BCUT2D eigenvalue weighted by atomic mass is 32.2. The molecule has 2 aromatic carbocycles. The van der Waals surface area contributed by atoms with Crippen molar-refractivity contribution in [3.63, 3.8) is 0 Å². The van der Waals surface area contributed by atoms with E-state index in [9.17, 15) is 4.79 Å². The lowest BCUT2D eigenvalue weighted by molar-refractivity contribution is 0.0995. The normalized spacial score (nSPS) is 15.0. The van der Waals surface area contributed by atoms with Gasteiger partial charge in [0.1, 0.15) is 5.82 Å². The third-order valence-electron chi connectivity index (χ3n) is 5.06. The predicted octanol–water partition coefficient (Wildman–Crippen LogP) is 4.99. The molecule has 0 unspecified atom stereocenters. The zero-order valence-corrected chi connectivity index (χ0v) is 16.3. The number of carbonyl (C=O) groups is 1. The van der Waals surface area contributed by atoms with Gasteiger partial charge >= 0.3 is 0 Å². The topological polar surface area (TPSA) is 63.6 Å². The number of rotatable bonds is 6. The Balaban J connectivity index is 1.42. The highest BCUT2D eigenvalue weighted by Crippen LogP contribution is 2.40. The number of Topliss-reactive ketones (excluding diaryl/α,β-unsaturated/α-hetero) is 1. The molecule has 2 heterocycles. The molecule has 1 fully saturated rings. The number of H-pyrrole nitrogens is 1. The molecule has 5 nitrogen and oxygen atoms in total. The minimum Gasteiger partial charge on any atom is -0.360 e. The number of aromatic amines is 1. The van der Waals surface area contributed by atoms with Crippen molar-refractivity contribution in [3.8, 4) is 5.69 Å². The van der Waals surface area contributed by atoms with Gasteiger partial charge in [-0.15, -0.1) is 5.10 Å². The third-order valence-corrected chi connectivity index (χ3v) is 6.01. The van der Waals surface area contributed by atoms with Crippen molar-refractivity contribution in [2.75, 3.05) is 0 Å². The number of carbonyl (C=O) groups excluding carboxylic acids is 1. The maximum absolute atomic E-state index is 13.0. The fourth-order valence-electron chi connectivity index (χ4n) is 3.43. The Bertz CT molecular complexity index is 1140. The van der Waals surface area contributed by atoms with E-state index in [1.54, 1.807) is 6.20 Å². The van der Waals surface area contributed by atoms with Crippen LogP contribution in [0.4, 0.5) is 0 Å². The van der Waals surface area contributed by atoms with E-state index in [0.29, 0.717) is 11.1 Å². The van der Waals surface area contributed by atoms with Gasteiger partial charge in [0.2, 0.25) is 5.16 Å². The molecule has 6 heteroatoms. The van der Waals surface area contributed by atoms with Gasteiger partial charge in [-0.2, -0.15) is 0 Å². The summed E-state index contributed by atoms with van der Waals surface area (Å²) in [6.07, 6.45) is 4.11. The Kier molecular flexibility index (Phi) is 4.28. The highest BCUT2D eigenvalue weighted by Gasteiger charge is 2.31. The van der Waals surface area contributed by atoms with E-state index >= 15 is 0 Å². The Morgan fingerprint density at radius 2 is 1.89 bits per heavy atom. The van der Waals surface area contributed by atoms with Crippen LogP contribution in [0.3, 0.4) is 0 Å². The van der Waals surface area contributed by atoms with Crippen molar-refractivity contribution in [2.24, 2.45) is 0 Å². The Hall–Kier alpha value is -2.86. The molecule has 0 amide bonds. The first kappa shape index (κ1) is 17.3. The standard InChI is InChI=1S/C22H20N4OS/c1-14(20(27)18-13-23-19-10-6-5-9-17(18)19)28-22-24-21(15-11-12-15)26(25-22)16-7-3-2-4-8-16/h2-10,13-15,23H,11-12H2,1H3/t14-/m1/s1. The summed E-state index contributed by atoms with van der Waals surface area (Å²) >= 11 is 1.43. The molecule has 140 valence electrons. The Morgan fingerprint density at radius 1 is 1.14 bits per heavy atom. The molecular formula is C22H20N4OS. The second-order valence-corrected chi connectivity index (χ2v) is 8.45. The first-order valence-corrected chi connectivity index (χ1v) is 10.4. The quantitative estimate of drug-likeness (QED) is 0.373. The van der Waals surface area contributed by atoms with Gasteiger partial charge in [-0.1, -0.05) is 48.2 Å². The average Bonchev–Trinajstić information content (AvgIpc) is 3.35. The number of hydrogen-bond acceptors (Lipinski definition) is 4. The molecule has 0 saturated heterocycles. The molecule has 1 aliphatic carbocycles. The number of aromatic nitrogens is 4. The van der Waals surface area contributed by atoms with Crippen LogP contribution in [0.15, 0.2) is 66.0 Å². The lowest BCUT2D eigenvalue weighted by atomic mass is 10.1. The number of fused-ring (bicyclic) bond motifs is 1. The predicted molar refractivity (Wildman–Crippen MR) is 111 cm³/mol. The van der Waals surface area contributed by atoms with E-state index in [4.69, 9.17) is 10.1 Å². The number of thioether (sulfide) groups is 1. The summed E-state index contributed by atoms with van der Waals surface area (Å²) in [7, 11) is 0. The number of benzene rings is 2. The smallest absolute Gasteiger partial charge is 0.209 e. The number of nitrogens with one attached hydrogen (secondary N) is 1. The van der Waals surface area contributed by atoms with Crippen LogP contribution in [0, 0.1) is 0 Å². The van der Waals surface area contributed by atoms with E-state index in [1.807, 2.05) is 66.2 Å². The molecule has 0 radical (unpaired) electrons. The SMILES string of the molecule is C[C@@H](Sc1nc(C2CC2)n(-c2ccccc2)n1)C(=O)c1c[nH]c2ccccc12. The molecule has 0 aliphatic heterocycles. The number of ketones is 1. The second kappa shape index (κ2) is 6.95. The first-order valence-electron chi connectivity index (χ1n) is 9.50. The molecule has 4 aromatic rings. The van der Waals surface area contributed by atoms with Crippen LogP contribution in [0.1, 0.15) is 41.9 Å². The summed E-state index contributed by atoms with van der Waals surface area (Å²) in [6, 6.07) is 18.0. The largest absolute Gasteiger partial charge is 0.360 e. The Morgan fingerprint density at radius 3 is 2.68 bits per heavy atom. The van der Waals surface area contributed by atoms with Crippen molar-refractivity contribution < 1.29 is 4.79 Å². The molecule has 1 aliphatic rings. The van der Waals surface area contributed by atoms with Gasteiger partial charge < -0.3 is 4.98 Å². The van der Waals surface area contributed by atoms with Crippen LogP contribution < -0.4 is 0 Å². The van der Waals surface area contributed by atoms with Gasteiger partial charge in [-0.05, 0) is 38.0 Å². The summed E-state index contributed by atoms with van der Waals surface area (Å²) in [5.41, 5.74) is 2.71. The van der Waals surface area contributed by atoms with Gasteiger partial charge in [0.05, 0.1) is 10.9 Å². The molecule has 2 aromatic heterocycles. The van der Waals surface area contributed by atoms with Crippen LogP contribution in [-0.2, 0) is 0 Å². The molecule has 28 heavy (non-hydrogen) atoms. The van der Waals surface area contributed by atoms with Crippen LogP contribution in [-0.4, -0.2) is 30.8 Å². The molecule has 1 atom stereocenters. The first-order chi connectivity index (χ1) is 13.7. The van der Waals surface area contributed by atoms with Gasteiger partial charge in [0, 0.05) is 28.6 Å². The summed E-state index contributed by atoms with van der Waals surface area (Å²) in [4.78, 5) is 21.0. The minimum absolute atomic E-state index is 0.0893. The van der Waals surface area contributed by atoms with Crippen LogP contribution in [0.25, 0.3) is 16.6 Å². The fourth-order valence-corrected chi connectivity index (χ4v) is 4.25. The van der Waals surface area contributed by atoms with Crippen LogP contribution in [0.5, 0.6) is 0 Å². The second-order valence-electron chi connectivity index (χ2n) is 7.15. The maximum Gasteiger partial charge on any atom is 0.209 e. The fraction of sp³-hybridized carbons (Fsp3) is 0.227. The number of para-hydroxylation sites is 2. The van der Waals surface area contributed by atoms with E-state index < -0.39 is 0 Å². The number of hydrogen-bond donors (Lipinski definition) is 1. The molecule has 1 N–H and O–H groups in total. The van der Waals surface area contributed by atoms with Crippen LogP contribution in [0.2, 0.25) is 0 Å². The van der Waals surface area contributed by atoms with Crippen LogP contribution >= 0.6 is 11.8 Å². The molecular weight excluding hydrogens is 368 g/mol. The van der Waals surface area contributed by atoms with Crippen molar-refractivity contribution in [1.29, 1.82) is 0 Å². The molecule has 0 bridgehead atoms. The van der Waals surface area contributed by atoms with Gasteiger partial charge in [0.25, 0.3) is 0 Å². The lowest BCUT2D eigenvalue weighted by Gasteiger charge is -2.07. The van der Waals surface area contributed by atoms with Crippen molar-refractivity contribution in [1.82, 2.24) is 19.7 Å². The van der Waals surface area contributed by atoms with Gasteiger partial charge in [-0.25, -0.2) is 9.67 Å². The lowest BCUT2D eigenvalue weighted by Crippen LogP contribution is -2.13.